The number of benzene rings is 1. The first-order valence-electron chi connectivity index (χ1n) is 8.05. The van der Waals surface area contributed by atoms with Crippen LogP contribution in [0.25, 0.3) is 0 Å². The topological polar surface area (TPSA) is 75.2 Å². The van der Waals surface area contributed by atoms with Crippen molar-refractivity contribution in [3.63, 3.8) is 0 Å². The standard InChI is InChI=1S/C17H18F2N4O2S/c1-17(2,3)15-21-22-16(26-15)20-14(25)9-6-13(24)23(8-9)12-5-4-10(18)7-11(12)19/h4-5,7,9H,6,8H2,1-3H3,(H,20,22,25). The first kappa shape index (κ1) is 18.4. The predicted octanol–water partition coefficient (Wildman–Crippen LogP) is 3.11. The third-order valence-electron chi connectivity index (χ3n) is 3.99. The highest BCUT2D eigenvalue weighted by Gasteiger charge is 2.36. The van der Waals surface area contributed by atoms with Crippen molar-refractivity contribution in [2.45, 2.75) is 32.6 Å². The number of aromatic nitrogens is 2. The van der Waals surface area contributed by atoms with Gasteiger partial charge in [-0.3, -0.25) is 9.59 Å². The molecule has 1 unspecified atom stereocenters. The van der Waals surface area contributed by atoms with Crippen molar-refractivity contribution in [2.24, 2.45) is 5.92 Å². The van der Waals surface area contributed by atoms with Gasteiger partial charge in [0.05, 0.1) is 11.6 Å². The Balaban J connectivity index is 1.70. The van der Waals surface area contributed by atoms with Gasteiger partial charge in [-0.15, -0.1) is 10.2 Å². The second-order valence-corrected chi connectivity index (χ2v) is 8.13. The van der Waals surface area contributed by atoms with Gasteiger partial charge in [-0.05, 0) is 12.1 Å². The Morgan fingerprint density at radius 1 is 1.31 bits per heavy atom. The van der Waals surface area contributed by atoms with Gasteiger partial charge in [0.2, 0.25) is 16.9 Å². The van der Waals surface area contributed by atoms with E-state index >= 15 is 0 Å². The third kappa shape index (κ3) is 3.72. The van der Waals surface area contributed by atoms with Crippen LogP contribution in [-0.4, -0.2) is 28.6 Å². The molecule has 0 saturated carbocycles. The Hall–Kier alpha value is -2.42. The van der Waals surface area contributed by atoms with Crippen LogP contribution in [-0.2, 0) is 15.0 Å². The SMILES string of the molecule is CC(C)(C)c1nnc(NC(=O)C2CC(=O)N(c3ccc(F)cc3F)C2)s1. The summed E-state index contributed by atoms with van der Waals surface area (Å²) < 4.78 is 27.0. The van der Waals surface area contributed by atoms with E-state index in [1.165, 1.54) is 22.3 Å². The summed E-state index contributed by atoms with van der Waals surface area (Å²) in [6, 6.07) is 2.99. The van der Waals surface area contributed by atoms with E-state index in [1.54, 1.807) is 0 Å². The van der Waals surface area contributed by atoms with Crippen LogP contribution in [0.2, 0.25) is 0 Å². The number of hydrogen-bond acceptors (Lipinski definition) is 5. The molecule has 9 heteroatoms. The van der Waals surface area contributed by atoms with Crippen LogP contribution < -0.4 is 10.2 Å². The zero-order chi connectivity index (χ0) is 19.1. The molecular formula is C17H18F2N4O2S. The number of hydrogen-bond donors (Lipinski definition) is 1. The Morgan fingerprint density at radius 2 is 2.04 bits per heavy atom. The summed E-state index contributed by atoms with van der Waals surface area (Å²) in [6.07, 6.45) is -0.0480. The van der Waals surface area contributed by atoms with Crippen LogP contribution in [0, 0.1) is 17.6 Å². The summed E-state index contributed by atoms with van der Waals surface area (Å²) in [5, 5.41) is 11.8. The second-order valence-electron chi connectivity index (χ2n) is 7.15. The molecule has 1 N–H and O–H groups in total. The molecular weight excluding hydrogens is 362 g/mol. The summed E-state index contributed by atoms with van der Waals surface area (Å²) in [5.74, 6) is -2.96. The molecule has 1 aliphatic heterocycles. The van der Waals surface area contributed by atoms with E-state index in [9.17, 15) is 18.4 Å². The van der Waals surface area contributed by atoms with Gasteiger partial charge in [0.15, 0.2) is 0 Å². The molecule has 1 aromatic carbocycles. The van der Waals surface area contributed by atoms with Gasteiger partial charge < -0.3 is 10.2 Å². The van der Waals surface area contributed by atoms with Gasteiger partial charge in [0.1, 0.15) is 16.6 Å². The van der Waals surface area contributed by atoms with Crippen LogP contribution in [0.3, 0.4) is 0 Å². The number of halogens is 2. The molecule has 1 aliphatic rings. The van der Waals surface area contributed by atoms with Gasteiger partial charge in [-0.1, -0.05) is 32.1 Å². The summed E-state index contributed by atoms with van der Waals surface area (Å²) in [6.45, 7) is 6.00. The van der Waals surface area contributed by atoms with E-state index in [2.05, 4.69) is 15.5 Å². The Labute approximate surface area is 153 Å². The van der Waals surface area contributed by atoms with E-state index in [-0.39, 0.29) is 35.9 Å². The van der Waals surface area contributed by atoms with Gasteiger partial charge >= 0.3 is 0 Å². The third-order valence-corrected chi connectivity index (χ3v) is 5.26. The minimum Gasteiger partial charge on any atom is -0.309 e. The predicted molar refractivity (Wildman–Crippen MR) is 94.1 cm³/mol. The monoisotopic (exact) mass is 380 g/mol. The Morgan fingerprint density at radius 3 is 2.65 bits per heavy atom. The number of amides is 2. The molecule has 1 saturated heterocycles. The van der Waals surface area contributed by atoms with E-state index < -0.39 is 17.6 Å². The molecule has 2 amide bonds. The van der Waals surface area contributed by atoms with Crippen molar-refractivity contribution in [3.05, 3.63) is 34.8 Å². The van der Waals surface area contributed by atoms with Crippen LogP contribution in [0.4, 0.5) is 19.6 Å². The first-order chi connectivity index (χ1) is 12.1. The fourth-order valence-electron chi connectivity index (χ4n) is 2.60. The number of nitrogens with one attached hydrogen (secondary N) is 1. The molecule has 1 atom stereocenters. The summed E-state index contributed by atoms with van der Waals surface area (Å²) in [5.41, 5.74) is -0.210. The van der Waals surface area contributed by atoms with Crippen LogP contribution in [0.1, 0.15) is 32.2 Å². The molecule has 0 bridgehead atoms. The molecule has 26 heavy (non-hydrogen) atoms. The minimum absolute atomic E-state index is 0.0259. The van der Waals surface area contributed by atoms with Gasteiger partial charge in [-0.2, -0.15) is 0 Å². The highest BCUT2D eigenvalue weighted by molar-refractivity contribution is 7.15. The molecule has 0 spiro atoms. The fourth-order valence-corrected chi connectivity index (χ4v) is 3.40. The van der Waals surface area contributed by atoms with Crippen molar-refractivity contribution in [1.29, 1.82) is 0 Å². The lowest BCUT2D eigenvalue weighted by Gasteiger charge is -2.17. The maximum Gasteiger partial charge on any atom is 0.231 e. The maximum absolute atomic E-state index is 13.9. The van der Waals surface area contributed by atoms with E-state index in [4.69, 9.17) is 0 Å². The van der Waals surface area contributed by atoms with E-state index in [1.807, 2.05) is 20.8 Å². The quantitative estimate of drug-likeness (QED) is 0.888. The Kier molecular flexibility index (Phi) is 4.74. The summed E-state index contributed by atoms with van der Waals surface area (Å²) in [7, 11) is 0. The highest BCUT2D eigenvalue weighted by atomic mass is 32.1. The van der Waals surface area contributed by atoms with Crippen LogP contribution in [0.15, 0.2) is 18.2 Å². The molecule has 0 radical (unpaired) electrons. The van der Waals surface area contributed by atoms with Gasteiger partial charge in [0.25, 0.3) is 0 Å². The zero-order valence-corrected chi connectivity index (χ0v) is 15.4. The smallest absolute Gasteiger partial charge is 0.231 e. The van der Waals surface area contributed by atoms with E-state index in [0.717, 1.165) is 11.1 Å². The lowest BCUT2D eigenvalue weighted by atomic mass is 9.98. The van der Waals surface area contributed by atoms with Crippen molar-refractivity contribution in [2.75, 3.05) is 16.8 Å². The fraction of sp³-hybridized carbons (Fsp3) is 0.412. The van der Waals surface area contributed by atoms with Crippen LogP contribution in [0.5, 0.6) is 0 Å². The lowest BCUT2D eigenvalue weighted by molar-refractivity contribution is -0.122. The zero-order valence-electron chi connectivity index (χ0n) is 14.5. The number of nitrogens with zero attached hydrogens (tertiary/aromatic N) is 3. The van der Waals surface area contributed by atoms with Crippen molar-refractivity contribution < 1.29 is 18.4 Å². The molecule has 3 rings (SSSR count). The molecule has 2 aromatic rings. The maximum atomic E-state index is 13.9. The normalized spacial score (nSPS) is 17.7. The second kappa shape index (κ2) is 6.71. The van der Waals surface area contributed by atoms with Gasteiger partial charge in [-0.25, -0.2) is 8.78 Å². The van der Waals surface area contributed by atoms with Crippen molar-refractivity contribution >= 4 is 34.0 Å². The van der Waals surface area contributed by atoms with E-state index in [0.29, 0.717) is 11.2 Å². The summed E-state index contributed by atoms with van der Waals surface area (Å²) in [4.78, 5) is 25.8. The first-order valence-corrected chi connectivity index (χ1v) is 8.87. The number of carbonyl (C=O) groups excluding carboxylic acids is 2. The number of rotatable bonds is 3. The minimum atomic E-state index is -0.835. The molecule has 6 nitrogen and oxygen atoms in total. The van der Waals surface area contributed by atoms with Crippen molar-refractivity contribution in [1.82, 2.24) is 10.2 Å². The van der Waals surface area contributed by atoms with Crippen molar-refractivity contribution in [3.8, 4) is 0 Å². The lowest BCUT2D eigenvalue weighted by Crippen LogP contribution is -2.28. The van der Waals surface area contributed by atoms with Crippen LogP contribution >= 0.6 is 11.3 Å². The average molecular weight is 380 g/mol. The summed E-state index contributed by atoms with van der Waals surface area (Å²) >= 11 is 1.27. The Bertz CT molecular complexity index is 863. The molecule has 1 aromatic heterocycles. The molecule has 138 valence electrons. The number of carbonyl (C=O) groups is 2. The number of anilines is 2. The molecule has 2 heterocycles. The molecule has 1 fully saturated rings. The average Bonchev–Trinajstić information content (AvgIpc) is 3.14. The van der Waals surface area contributed by atoms with Gasteiger partial charge in [0, 0.05) is 24.4 Å². The highest BCUT2D eigenvalue weighted by Crippen LogP contribution is 2.30. The molecule has 0 aliphatic carbocycles. The largest absolute Gasteiger partial charge is 0.309 e.